The first-order valence-corrected chi connectivity index (χ1v) is 5.15. The Kier molecular flexibility index (Phi) is 0.851. The zero-order valence-corrected chi connectivity index (χ0v) is 6.93. The molecule has 8 atom stereocenters. The van der Waals surface area contributed by atoms with E-state index in [1.54, 1.807) is 0 Å². The van der Waals surface area contributed by atoms with Gasteiger partial charge in [-0.1, -0.05) is 0 Å². The lowest BCUT2D eigenvalue weighted by molar-refractivity contribution is 0.0944. The molecule has 2 N–H and O–H groups in total. The predicted molar refractivity (Wildman–Crippen MR) is 42.2 cm³/mol. The van der Waals surface area contributed by atoms with Crippen molar-refractivity contribution in [2.45, 2.75) is 25.0 Å². The van der Waals surface area contributed by atoms with Gasteiger partial charge in [0.1, 0.15) is 0 Å². The van der Waals surface area contributed by atoms with E-state index in [4.69, 9.17) is 0 Å². The van der Waals surface area contributed by atoms with Gasteiger partial charge in [-0.25, -0.2) is 0 Å². The molecule has 0 aromatic carbocycles. The zero-order chi connectivity index (χ0) is 8.03. The van der Waals surface area contributed by atoms with Gasteiger partial charge in [-0.05, 0) is 48.3 Å². The van der Waals surface area contributed by atoms with E-state index in [1.165, 1.54) is 12.8 Å². The first-order valence-electron chi connectivity index (χ1n) is 5.15. The summed E-state index contributed by atoms with van der Waals surface area (Å²) in [5, 5.41) is 19.8. The van der Waals surface area contributed by atoms with Gasteiger partial charge in [-0.3, -0.25) is 0 Å². The van der Waals surface area contributed by atoms with E-state index in [2.05, 4.69) is 0 Å². The maximum atomic E-state index is 9.91. The Bertz CT molecular complexity index is 226. The molecule has 4 saturated carbocycles. The van der Waals surface area contributed by atoms with Crippen molar-refractivity contribution in [3.63, 3.8) is 0 Å². The van der Waals surface area contributed by atoms with Crippen LogP contribution < -0.4 is 0 Å². The average molecular weight is 166 g/mol. The molecule has 0 unspecified atom stereocenters. The van der Waals surface area contributed by atoms with Gasteiger partial charge in [0.25, 0.3) is 0 Å². The van der Waals surface area contributed by atoms with Crippen LogP contribution in [0.5, 0.6) is 0 Å². The van der Waals surface area contributed by atoms with E-state index < -0.39 is 0 Å². The molecule has 0 heterocycles. The second-order valence-electron chi connectivity index (χ2n) is 5.26. The summed E-state index contributed by atoms with van der Waals surface area (Å²) < 4.78 is 0. The van der Waals surface area contributed by atoms with Gasteiger partial charge in [0.15, 0.2) is 0 Å². The van der Waals surface area contributed by atoms with Crippen molar-refractivity contribution < 1.29 is 10.2 Å². The first kappa shape index (κ1) is 6.39. The van der Waals surface area contributed by atoms with Crippen LogP contribution in [0.4, 0.5) is 0 Å². The van der Waals surface area contributed by atoms with E-state index in [9.17, 15) is 10.2 Å². The molecule has 4 bridgehead atoms. The van der Waals surface area contributed by atoms with E-state index >= 15 is 0 Å². The van der Waals surface area contributed by atoms with Gasteiger partial charge >= 0.3 is 0 Å². The van der Waals surface area contributed by atoms with E-state index in [0.717, 1.165) is 0 Å². The molecule has 4 aliphatic rings. The molecule has 12 heavy (non-hydrogen) atoms. The van der Waals surface area contributed by atoms with E-state index in [-0.39, 0.29) is 12.2 Å². The molecule has 0 aliphatic heterocycles. The summed E-state index contributed by atoms with van der Waals surface area (Å²) in [6.45, 7) is 0. The van der Waals surface area contributed by atoms with Crippen molar-refractivity contribution in [1.29, 1.82) is 0 Å². The molecule has 66 valence electrons. The third kappa shape index (κ3) is 0.409. The molecule has 4 rings (SSSR count). The number of hydrogen-bond donors (Lipinski definition) is 2. The van der Waals surface area contributed by atoms with Crippen LogP contribution >= 0.6 is 0 Å². The Labute approximate surface area is 71.6 Å². The van der Waals surface area contributed by atoms with Crippen molar-refractivity contribution in [2.24, 2.45) is 35.5 Å². The van der Waals surface area contributed by atoms with E-state index in [1.807, 2.05) is 0 Å². The SMILES string of the molecule is O[C@@H]1[C@@H]2C[C@@H]3[C@H]4C[C@H]2[C@H]([C@H]4O)[C@H]13. The molecule has 0 spiro atoms. The van der Waals surface area contributed by atoms with Gasteiger partial charge in [-0.15, -0.1) is 0 Å². The van der Waals surface area contributed by atoms with Crippen molar-refractivity contribution in [3.8, 4) is 0 Å². The molecule has 0 aromatic rings. The van der Waals surface area contributed by atoms with Crippen LogP contribution in [0.1, 0.15) is 12.8 Å². The molecule has 0 amide bonds. The molecule has 0 aromatic heterocycles. The van der Waals surface area contributed by atoms with Gasteiger partial charge in [-0.2, -0.15) is 0 Å². The van der Waals surface area contributed by atoms with Crippen LogP contribution in [-0.2, 0) is 0 Å². The van der Waals surface area contributed by atoms with Crippen LogP contribution in [-0.4, -0.2) is 22.4 Å². The van der Waals surface area contributed by atoms with Gasteiger partial charge in [0.05, 0.1) is 12.2 Å². The Hall–Kier alpha value is -0.0800. The van der Waals surface area contributed by atoms with Gasteiger partial charge < -0.3 is 10.2 Å². The average Bonchev–Trinajstić information content (AvgIpc) is 2.68. The van der Waals surface area contributed by atoms with Crippen LogP contribution in [0.25, 0.3) is 0 Å². The maximum Gasteiger partial charge on any atom is 0.0605 e. The molecule has 4 fully saturated rings. The molecule has 0 saturated heterocycles. The summed E-state index contributed by atoms with van der Waals surface area (Å²) in [6, 6.07) is 0. The van der Waals surface area contributed by atoms with Gasteiger partial charge in [0, 0.05) is 0 Å². The Morgan fingerprint density at radius 3 is 1.42 bits per heavy atom. The summed E-state index contributed by atoms with van der Waals surface area (Å²) in [5.41, 5.74) is 0. The minimum atomic E-state index is -0.0489. The third-order valence-corrected chi connectivity index (χ3v) is 5.29. The highest BCUT2D eigenvalue weighted by Gasteiger charge is 2.72. The number of fused-ring (bicyclic) bond motifs is 4. The first-order chi connectivity index (χ1) is 5.79. The third-order valence-electron chi connectivity index (χ3n) is 5.29. The van der Waals surface area contributed by atoms with Crippen LogP contribution in [0.3, 0.4) is 0 Å². The summed E-state index contributed by atoms with van der Waals surface area (Å²) >= 11 is 0. The van der Waals surface area contributed by atoms with Crippen LogP contribution in [0, 0.1) is 35.5 Å². The summed E-state index contributed by atoms with van der Waals surface area (Å²) in [5.74, 6) is 3.50. The lowest BCUT2D eigenvalue weighted by Crippen LogP contribution is -2.27. The topological polar surface area (TPSA) is 40.5 Å². The Morgan fingerprint density at radius 1 is 0.667 bits per heavy atom. The molecule has 2 nitrogen and oxygen atoms in total. The monoisotopic (exact) mass is 166 g/mol. The minimum absolute atomic E-state index is 0.0489. The fourth-order valence-electron chi connectivity index (χ4n) is 5.10. The second-order valence-corrected chi connectivity index (χ2v) is 5.26. The van der Waals surface area contributed by atoms with Crippen molar-refractivity contribution in [1.82, 2.24) is 0 Å². The number of aliphatic hydroxyl groups excluding tert-OH is 2. The smallest absolute Gasteiger partial charge is 0.0605 e. The Balaban J connectivity index is 1.92. The fraction of sp³-hybridized carbons (Fsp3) is 1.00. The lowest BCUT2D eigenvalue weighted by atomic mass is 9.71. The molecule has 2 heteroatoms. The second kappa shape index (κ2) is 1.60. The minimum Gasteiger partial charge on any atom is -0.393 e. The van der Waals surface area contributed by atoms with Crippen LogP contribution in [0.15, 0.2) is 0 Å². The van der Waals surface area contributed by atoms with Crippen molar-refractivity contribution >= 4 is 0 Å². The highest BCUT2D eigenvalue weighted by atomic mass is 16.3. The highest BCUT2D eigenvalue weighted by molar-refractivity contribution is 5.20. The van der Waals surface area contributed by atoms with Crippen LogP contribution in [0.2, 0.25) is 0 Å². The largest absolute Gasteiger partial charge is 0.393 e. The Morgan fingerprint density at radius 2 is 1.08 bits per heavy atom. The van der Waals surface area contributed by atoms with Crippen molar-refractivity contribution in [3.05, 3.63) is 0 Å². The lowest BCUT2D eigenvalue weighted by Gasteiger charge is -2.33. The molecular weight excluding hydrogens is 152 g/mol. The molecule has 4 aliphatic carbocycles. The predicted octanol–water partition coefficient (Wildman–Crippen LogP) is 0.240. The molecule has 0 radical (unpaired) electrons. The normalized spacial score (nSPS) is 76.5. The standard InChI is InChI=1S/C10H14O2/c11-9-5-1-3-6-2-4(5)8(7(3)9)10(6)12/h3-12H,1-2H2/t3-,4-,5-,6-,7-,8+,9-,10+/m1/s1. The molecular formula is C10H14O2. The number of rotatable bonds is 0. The summed E-state index contributed by atoms with van der Waals surface area (Å²) in [4.78, 5) is 0. The maximum absolute atomic E-state index is 9.91. The van der Waals surface area contributed by atoms with Crippen molar-refractivity contribution in [2.75, 3.05) is 0 Å². The highest BCUT2D eigenvalue weighted by Crippen LogP contribution is 2.72. The van der Waals surface area contributed by atoms with Gasteiger partial charge in [0.2, 0.25) is 0 Å². The number of hydrogen-bond acceptors (Lipinski definition) is 2. The quantitative estimate of drug-likeness (QED) is 0.541. The zero-order valence-electron chi connectivity index (χ0n) is 6.93. The van der Waals surface area contributed by atoms with E-state index in [0.29, 0.717) is 35.5 Å². The summed E-state index contributed by atoms with van der Waals surface area (Å²) in [7, 11) is 0. The number of aliphatic hydroxyl groups is 2. The fourth-order valence-corrected chi connectivity index (χ4v) is 5.10. The summed E-state index contributed by atoms with van der Waals surface area (Å²) in [6.07, 6.45) is 2.34.